The van der Waals surface area contributed by atoms with Crippen LogP contribution in [0.2, 0.25) is 0 Å². The highest BCUT2D eigenvalue weighted by atomic mass is 32.2. The van der Waals surface area contributed by atoms with Crippen molar-refractivity contribution in [2.24, 2.45) is 0 Å². The highest BCUT2D eigenvalue weighted by Gasteiger charge is 2.21. The molecule has 0 aliphatic carbocycles. The van der Waals surface area contributed by atoms with Gasteiger partial charge in [0.25, 0.3) is 0 Å². The van der Waals surface area contributed by atoms with E-state index in [1.54, 1.807) is 11.0 Å². The number of likely N-dealkylation sites (tertiary alicyclic amines) is 1. The van der Waals surface area contributed by atoms with E-state index in [0.717, 1.165) is 48.4 Å². The predicted octanol–water partition coefficient (Wildman–Crippen LogP) is 2.47. The number of hydrogen-bond donors (Lipinski definition) is 1. The Bertz CT molecular complexity index is 1250. The van der Waals surface area contributed by atoms with Gasteiger partial charge in [0.05, 0.1) is 15.1 Å². The van der Waals surface area contributed by atoms with Crippen LogP contribution in [0.1, 0.15) is 24.0 Å². The van der Waals surface area contributed by atoms with E-state index in [0.29, 0.717) is 10.2 Å². The first-order chi connectivity index (χ1) is 14.3. The molecule has 0 bridgehead atoms. The number of benzene rings is 2. The van der Waals surface area contributed by atoms with Gasteiger partial charge in [0, 0.05) is 19.6 Å². The Morgan fingerprint density at radius 1 is 1.13 bits per heavy atom. The van der Waals surface area contributed by atoms with Crippen LogP contribution in [0, 0.1) is 6.92 Å². The van der Waals surface area contributed by atoms with Crippen LogP contribution in [0.3, 0.4) is 0 Å². The van der Waals surface area contributed by atoms with Crippen LogP contribution < -0.4 is 9.60 Å². The predicted molar refractivity (Wildman–Crippen MR) is 117 cm³/mol. The van der Waals surface area contributed by atoms with Crippen molar-refractivity contribution in [3.8, 4) is 0 Å². The highest BCUT2D eigenvalue weighted by Crippen LogP contribution is 2.22. The average Bonchev–Trinajstić information content (AvgIpc) is 3.36. The van der Waals surface area contributed by atoms with Gasteiger partial charge in [-0.05, 0) is 49.1 Å². The van der Waals surface area contributed by atoms with Gasteiger partial charge in [-0.1, -0.05) is 35.6 Å². The largest absolute Gasteiger partial charge is 0.341 e. The smallest absolute Gasteiger partial charge is 0.308 e. The number of hydrogen-bond acceptors (Lipinski definition) is 5. The molecule has 1 aliphatic heterocycles. The van der Waals surface area contributed by atoms with Crippen molar-refractivity contribution in [3.05, 3.63) is 63.3 Å². The fourth-order valence-electron chi connectivity index (χ4n) is 3.63. The SMILES string of the molecule is Cc1ccccc1CNS(=O)(=O)c1ccc2c(c1)sc(=O)n2CC(=O)N1CCCC1. The summed E-state index contributed by atoms with van der Waals surface area (Å²) in [4.78, 5) is 26.5. The van der Waals surface area contributed by atoms with E-state index in [2.05, 4.69) is 4.72 Å². The van der Waals surface area contributed by atoms with E-state index >= 15 is 0 Å². The molecule has 4 rings (SSSR count). The minimum atomic E-state index is -3.74. The van der Waals surface area contributed by atoms with Crippen molar-refractivity contribution in [1.29, 1.82) is 0 Å². The molecule has 2 aromatic carbocycles. The quantitative estimate of drug-likeness (QED) is 0.631. The molecule has 1 fully saturated rings. The van der Waals surface area contributed by atoms with Crippen LogP contribution in [-0.4, -0.2) is 36.9 Å². The van der Waals surface area contributed by atoms with Gasteiger partial charge in [0.2, 0.25) is 15.9 Å². The Labute approximate surface area is 179 Å². The maximum absolute atomic E-state index is 12.8. The van der Waals surface area contributed by atoms with Crippen LogP contribution in [0.15, 0.2) is 52.2 Å². The molecule has 2 heterocycles. The number of carbonyl (C=O) groups excluding carboxylic acids is 1. The lowest BCUT2D eigenvalue weighted by Gasteiger charge is -2.15. The molecule has 1 saturated heterocycles. The van der Waals surface area contributed by atoms with Crippen molar-refractivity contribution in [2.75, 3.05) is 13.1 Å². The van der Waals surface area contributed by atoms with Crippen LogP contribution in [0.5, 0.6) is 0 Å². The second kappa shape index (κ2) is 8.33. The summed E-state index contributed by atoms with van der Waals surface area (Å²) in [5, 5.41) is 0. The van der Waals surface area contributed by atoms with Gasteiger partial charge in [0.1, 0.15) is 6.54 Å². The van der Waals surface area contributed by atoms with E-state index < -0.39 is 10.0 Å². The van der Waals surface area contributed by atoms with Gasteiger partial charge in [-0.15, -0.1) is 0 Å². The Morgan fingerprint density at radius 3 is 2.60 bits per heavy atom. The minimum Gasteiger partial charge on any atom is -0.341 e. The lowest BCUT2D eigenvalue weighted by Crippen LogP contribution is -2.33. The third-order valence-electron chi connectivity index (χ3n) is 5.42. The molecular formula is C21H23N3O4S2. The lowest BCUT2D eigenvalue weighted by molar-refractivity contribution is -0.130. The third-order valence-corrected chi connectivity index (χ3v) is 7.76. The van der Waals surface area contributed by atoms with Gasteiger partial charge in [-0.3, -0.25) is 14.2 Å². The van der Waals surface area contributed by atoms with Crippen molar-refractivity contribution in [2.45, 2.75) is 37.8 Å². The van der Waals surface area contributed by atoms with Crippen molar-refractivity contribution < 1.29 is 13.2 Å². The molecule has 1 aliphatic rings. The number of aryl methyl sites for hydroxylation is 1. The van der Waals surface area contributed by atoms with Crippen molar-refractivity contribution >= 4 is 37.5 Å². The van der Waals surface area contributed by atoms with Crippen LogP contribution >= 0.6 is 11.3 Å². The van der Waals surface area contributed by atoms with E-state index in [-0.39, 0.29) is 28.8 Å². The molecule has 1 N–H and O–H groups in total. The zero-order valence-corrected chi connectivity index (χ0v) is 18.3. The van der Waals surface area contributed by atoms with Crippen molar-refractivity contribution in [3.63, 3.8) is 0 Å². The Balaban J connectivity index is 1.56. The first-order valence-corrected chi connectivity index (χ1v) is 12.1. The van der Waals surface area contributed by atoms with E-state index in [1.165, 1.54) is 16.7 Å². The number of amides is 1. The van der Waals surface area contributed by atoms with Crippen LogP contribution in [0.25, 0.3) is 10.2 Å². The molecule has 1 amide bonds. The summed E-state index contributed by atoms with van der Waals surface area (Å²) in [5.41, 5.74) is 2.49. The molecule has 3 aromatic rings. The molecule has 9 heteroatoms. The summed E-state index contributed by atoms with van der Waals surface area (Å²) in [5.74, 6) is -0.0779. The molecule has 30 heavy (non-hydrogen) atoms. The minimum absolute atomic E-state index is 0.0174. The van der Waals surface area contributed by atoms with E-state index in [4.69, 9.17) is 0 Å². The first-order valence-electron chi connectivity index (χ1n) is 9.80. The fraction of sp³-hybridized carbons (Fsp3) is 0.333. The van der Waals surface area contributed by atoms with Gasteiger partial charge in [0.15, 0.2) is 0 Å². The first kappa shape index (κ1) is 20.8. The third kappa shape index (κ3) is 4.19. The number of nitrogens with one attached hydrogen (secondary N) is 1. The molecule has 158 valence electrons. The Morgan fingerprint density at radius 2 is 1.87 bits per heavy atom. The van der Waals surface area contributed by atoms with Gasteiger partial charge in [-0.25, -0.2) is 13.1 Å². The molecule has 0 spiro atoms. The number of aromatic nitrogens is 1. The molecule has 0 unspecified atom stereocenters. The zero-order valence-electron chi connectivity index (χ0n) is 16.6. The number of fused-ring (bicyclic) bond motifs is 1. The molecule has 7 nitrogen and oxygen atoms in total. The summed E-state index contributed by atoms with van der Waals surface area (Å²) in [7, 11) is -3.74. The molecule has 0 radical (unpaired) electrons. The van der Waals surface area contributed by atoms with Gasteiger partial charge in [-0.2, -0.15) is 0 Å². The zero-order chi connectivity index (χ0) is 21.3. The number of carbonyl (C=O) groups is 1. The van der Waals surface area contributed by atoms with E-state index in [9.17, 15) is 18.0 Å². The van der Waals surface area contributed by atoms with Crippen molar-refractivity contribution in [1.82, 2.24) is 14.2 Å². The standard InChI is InChI=1S/C21H23N3O4S2/c1-15-6-2-3-7-16(15)13-22-30(27,28)17-8-9-18-19(12-17)29-21(26)24(18)14-20(25)23-10-4-5-11-23/h2-3,6-9,12,22H,4-5,10-11,13-14H2,1H3. The maximum Gasteiger partial charge on any atom is 0.308 e. The maximum atomic E-state index is 12.8. The Hall–Kier alpha value is -2.49. The fourth-order valence-corrected chi connectivity index (χ4v) is 5.67. The summed E-state index contributed by atoms with van der Waals surface area (Å²) >= 11 is 0.955. The number of sulfonamides is 1. The monoisotopic (exact) mass is 445 g/mol. The van der Waals surface area contributed by atoms with Gasteiger partial charge >= 0.3 is 4.87 Å². The average molecular weight is 446 g/mol. The van der Waals surface area contributed by atoms with Crippen LogP contribution in [0.4, 0.5) is 0 Å². The number of thiazole rings is 1. The summed E-state index contributed by atoms with van der Waals surface area (Å²) in [6.07, 6.45) is 1.98. The van der Waals surface area contributed by atoms with E-state index in [1.807, 2.05) is 31.2 Å². The normalized spacial score (nSPS) is 14.5. The number of rotatable bonds is 6. The topological polar surface area (TPSA) is 88.5 Å². The molecule has 1 aromatic heterocycles. The summed E-state index contributed by atoms with van der Waals surface area (Å²) < 4.78 is 30.1. The second-order valence-corrected chi connectivity index (χ2v) is 10.2. The summed E-state index contributed by atoms with van der Waals surface area (Å²) in [6.45, 7) is 3.56. The molecular weight excluding hydrogens is 422 g/mol. The number of nitrogens with zero attached hydrogens (tertiary/aromatic N) is 2. The molecule has 0 saturated carbocycles. The van der Waals surface area contributed by atoms with Crippen LogP contribution in [-0.2, 0) is 27.9 Å². The molecule has 0 atom stereocenters. The summed E-state index contributed by atoms with van der Waals surface area (Å²) in [6, 6.07) is 12.2. The Kier molecular flexibility index (Phi) is 5.77. The second-order valence-electron chi connectivity index (χ2n) is 7.42. The highest BCUT2D eigenvalue weighted by molar-refractivity contribution is 7.89. The lowest BCUT2D eigenvalue weighted by atomic mass is 10.1. The van der Waals surface area contributed by atoms with Gasteiger partial charge < -0.3 is 4.90 Å².